The average Bonchev–Trinajstić information content (AvgIpc) is 2.73. The Hall–Kier alpha value is -1.38. The summed E-state index contributed by atoms with van der Waals surface area (Å²) in [6, 6.07) is 5.37. The van der Waals surface area contributed by atoms with E-state index in [1.807, 2.05) is 24.5 Å². The molecule has 0 bridgehead atoms. The third kappa shape index (κ3) is 6.06. The van der Waals surface area contributed by atoms with Crippen LogP contribution in [0.5, 0.6) is 0 Å². The van der Waals surface area contributed by atoms with Crippen LogP contribution in [-0.2, 0) is 20.7 Å². The number of esters is 1. The SMILES string of the molecule is COC(=O)[C@H](CCSC)NC(=O)C1CCCc2c(NC[C@@H](N)CS)cccc21. The predicted octanol–water partition coefficient (Wildman–Crippen LogP) is 2.19. The van der Waals surface area contributed by atoms with Gasteiger partial charge in [-0.25, -0.2) is 4.79 Å². The highest BCUT2D eigenvalue weighted by atomic mass is 32.2. The molecule has 8 heteroatoms. The summed E-state index contributed by atoms with van der Waals surface area (Å²) in [5.74, 6) is 0.625. The Morgan fingerprint density at radius 1 is 1.43 bits per heavy atom. The van der Waals surface area contributed by atoms with E-state index < -0.39 is 12.0 Å². The Morgan fingerprint density at radius 2 is 2.21 bits per heavy atom. The van der Waals surface area contributed by atoms with E-state index >= 15 is 0 Å². The van der Waals surface area contributed by atoms with Crippen LogP contribution in [0.2, 0.25) is 0 Å². The number of amides is 1. The monoisotopic (exact) mass is 425 g/mol. The predicted molar refractivity (Wildman–Crippen MR) is 119 cm³/mol. The molecule has 0 aromatic heterocycles. The molecule has 1 amide bonds. The highest BCUT2D eigenvalue weighted by Crippen LogP contribution is 2.36. The zero-order chi connectivity index (χ0) is 20.5. The fraction of sp³-hybridized carbons (Fsp3) is 0.600. The molecule has 0 aliphatic heterocycles. The van der Waals surface area contributed by atoms with Crippen molar-refractivity contribution < 1.29 is 14.3 Å². The second-order valence-electron chi connectivity index (χ2n) is 7.01. The number of hydrogen-bond donors (Lipinski definition) is 4. The molecule has 0 heterocycles. The number of fused-ring (bicyclic) bond motifs is 1. The summed E-state index contributed by atoms with van der Waals surface area (Å²) >= 11 is 5.86. The number of rotatable bonds is 10. The zero-order valence-electron chi connectivity index (χ0n) is 16.6. The maximum absolute atomic E-state index is 13.0. The molecule has 3 atom stereocenters. The molecule has 4 N–H and O–H groups in total. The van der Waals surface area contributed by atoms with Crippen molar-refractivity contribution in [3.8, 4) is 0 Å². The Balaban J connectivity index is 2.15. The Bertz CT molecular complexity index is 672. The van der Waals surface area contributed by atoms with Gasteiger partial charge in [-0.2, -0.15) is 24.4 Å². The van der Waals surface area contributed by atoms with Gasteiger partial charge in [0.25, 0.3) is 0 Å². The molecule has 1 aliphatic carbocycles. The first kappa shape index (κ1) is 22.9. The summed E-state index contributed by atoms with van der Waals surface area (Å²) in [5, 5.41) is 6.31. The van der Waals surface area contributed by atoms with Crippen molar-refractivity contribution in [1.82, 2.24) is 5.32 Å². The molecule has 0 radical (unpaired) electrons. The van der Waals surface area contributed by atoms with E-state index in [1.165, 1.54) is 12.7 Å². The lowest BCUT2D eigenvalue weighted by atomic mass is 9.81. The van der Waals surface area contributed by atoms with Gasteiger partial charge in [-0.3, -0.25) is 4.79 Å². The molecule has 1 unspecified atom stereocenters. The smallest absolute Gasteiger partial charge is 0.328 e. The van der Waals surface area contributed by atoms with Gasteiger partial charge in [0, 0.05) is 24.0 Å². The Kier molecular flexibility index (Phi) is 9.47. The third-order valence-electron chi connectivity index (χ3n) is 5.03. The number of carbonyl (C=O) groups excluding carboxylic acids is 2. The fourth-order valence-electron chi connectivity index (χ4n) is 3.49. The zero-order valence-corrected chi connectivity index (χ0v) is 18.3. The van der Waals surface area contributed by atoms with Gasteiger partial charge in [-0.1, -0.05) is 12.1 Å². The van der Waals surface area contributed by atoms with Gasteiger partial charge in [-0.15, -0.1) is 0 Å². The second kappa shape index (κ2) is 11.6. The minimum absolute atomic E-state index is 0.0286. The van der Waals surface area contributed by atoms with Crippen LogP contribution in [0.4, 0.5) is 5.69 Å². The summed E-state index contributed by atoms with van der Waals surface area (Å²) < 4.78 is 4.86. The van der Waals surface area contributed by atoms with Gasteiger partial charge >= 0.3 is 5.97 Å². The largest absolute Gasteiger partial charge is 0.467 e. The van der Waals surface area contributed by atoms with Crippen molar-refractivity contribution in [1.29, 1.82) is 0 Å². The number of anilines is 1. The third-order valence-corrected chi connectivity index (χ3v) is 6.14. The Labute approximate surface area is 177 Å². The van der Waals surface area contributed by atoms with E-state index in [4.69, 9.17) is 10.5 Å². The number of carbonyl (C=O) groups is 2. The standard InChI is InChI=1S/C20H31N3O3S2/c1-26-20(25)18(9-10-28-2)23-19(24)16-7-3-6-15-14(16)5-4-8-17(15)22-11-13(21)12-27/h4-5,8,13,16,18,22,27H,3,6-7,9-12,21H2,1-2H3,(H,23,24)/t13-,16?,18+/m1/s1. The molecule has 6 nitrogen and oxygen atoms in total. The van der Waals surface area contributed by atoms with Crippen molar-refractivity contribution >= 4 is 42.0 Å². The minimum Gasteiger partial charge on any atom is -0.467 e. The average molecular weight is 426 g/mol. The maximum atomic E-state index is 13.0. The number of thioether (sulfide) groups is 1. The number of nitrogens with one attached hydrogen (secondary N) is 2. The molecular formula is C20H31N3O3S2. The molecule has 0 fully saturated rings. The molecule has 1 aliphatic rings. The van der Waals surface area contributed by atoms with Crippen LogP contribution in [0.3, 0.4) is 0 Å². The van der Waals surface area contributed by atoms with Crippen molar-refractivity contribution in [3.63, 3.8) is 0 Å². The Morgan fingerprint density at radius 3 is 2.89 bits per heavy atom. The summed E-state index contributed by atoms with van der Waals surface area (Å²) in [4.78, 5) is 25.0. The maximum Gasteiger partial charge on any atom is 0.328 e. The first-order valence-corrected chi connectivity index (χ1v) is 11.6. The molecule has 0 saturated carbocycles. The summed E-state index contributed by atoms with van der Waals surface area (Å²) in [5.41, 5.74) is 9.18. The van der Waals surface area contributed by atoms with E-state index in [9.17, 15) is 9.59 Å². The fourth-order valence-corrected chi connectivity index (χ4v) is 4.09. The van der Waals surface area contributed by atoms with Gasteiger partial charge in [0.05, 0.1) is 13.0 Å². The molecule has 2 rings (SSSR count). The number of hydrogen-bond acceptors (Lipinski definition) is 7. The van der Waals surface area contributed by atoms with Gasteiger partial charge in [0.2, 0.25) is 5.91 Å². The summed E-state index contributed by atoms with van der Waals surface area (Å²) in [6.45, 7) is 0.635. The van der Waals surface area contributed by atoms with Crippen molar-refractivity contribution in [2.45, 2.75) is 43.7 Å². The number of methoxy groups -OCH3 is 1. The molecule has 28 heavy (non-hydrogen) atoms. The van der Waals surface area contributed by atoms with Gasteiger partial charge in [0.15, 0.2) is 0 Å². The normalized spacial score (nSPS) is 17.9. The van der Waals surface area contributed by atoms with Crippen LogP contribution in [0.1, 0.15) is 36.3 Å². The molecular weight excluding hydrogens is 394 g/mol. The number of thiol groups is 1. The summed E-state index contributed by atoms with van der Waals surface area (Å²) in [7, 11) is 1.35. The van der Waals surface area contributed by atoms with Crippen molar-refractivity contribution in [3.05, 3.63) is 29.3 Å². The van der Waals surface area contributed by atoms with Gasteiger partial charge < -0.3 is 21.1 Å². The van der Waals surface area contributed by atoms with E-state index in [0.717, 1.165) is 36.3 Å². The van der Waals surface area contributed by atoms with Crippen LogP contribution in [0, 0.1) is 0 Å². The van der Waals surface area contributed by atoms with Crippen molar-refractivity contribution in [2.24, 2.45) is 5.73 Å². The number of nitrogens with two attached hydrogens (primary N) is 1. The van der Waals surface area contributed by atoms with E-state index in [2.05, 4.69) is 23.3 Å². The van der Waals surface area contributed by atoms with Crippen molar-refractivity contribution in [2.75, 3.05) is 36.7 Å². The molecule has 156 valence electrons. The number of benzene rings is 1. The highest BCUT2D eigenvalue weighted by molar-refractivity contribution is 7.98. The van der Waals surface area contributed by atoms with Gasteiger partial charge in [-0.05, 0) is 54.9 Å². The summed E-state index contributed by atoms with van der Waals surface area (Å²) in [6.07, 6.45) is 5.15. The first-order chi connectivity index (χ1) is 13.5. The van der Waals surface area contributed by atoms with Crippen LogP contribution in [0.25, 0.3) is 0 Å². The van der Waals surface area contributed by atoms with Crippen LogP contribution in [0.15, 0.2) is 18.2 Å². The molecule has 0 saturated heterocycles. The minimum atomic E-state index is -0.606. The topological polar surface area (TPSA) is 93.4 Å². The first-order valence-electron chi connectivity index (χ1n) is 9.61. The lowest BCUT2D eigenvalue weighted by molar-refractivity contribution is -0.145. The molecule has 1 aromatic rings. The highest BCUT2D eigenvalue weighted by Gasteiger charge is 2.31. The van der Waals surface area contributed by atoms with Crippen LogP contribution >= 0.6 is 24.4 Å². The lowest BCUT2D eigenvalue weighted by Crippen LogP contribution is -2.44. The number of ether oxygens (including phenoxy) is 1. The second-order valence-corrected chi connectivity index (χ2v) is 8.36. The van der Waals surface area contributed by atoms with Crippen LogP contribution < -0.4 is 16.4 Å². The molecule has 1 aromatic carbocycles. The van der Waals surface area contributed by atoms with Crippen LogP contribution in [-0.4, -0.2) is 55.4 Å². The molecule has 0 spiro atoms. The van der Waals surface area contributed by atoms with E-state index in [1.54, 1.807) is 11.8 Å². The lowest BCUT2D eigenvalue weighted by Gasteiger charge is -2.28. The quantitative estimate of drug-likeness (QED) is 0.339. The van der Waals surface area contributed by atoms with E-state index in [0.29, 0.717) is 18.7 Å². The van der Waals surface area contributed by atoms with E-state index in [-0.39, 0.29) is 17.9 Å². The van der Waals surface area contributed by atoms with Gasteiger partial charge in [0.1, 0.15) is 6.04 Å².